The van der Waals surface area contributed by atoms with Crippen LogP contribution in [0.15, 0.2) is 24.5 Å². The molecule has 0 spiro atoms. The van der Waals surface area contributed by atoms with Crippen LogP contribution in [0.5, 0.6) is 0 Å². The van der Waals surface area contributed by atoms with Crippen molar-refractivity contribution in [1.29, 1.82) is 0 Å². The molecule has 0 bridgehead atoms. The monoisotopic (exact) mass is 417 g/mol. The van der Waals surface area contributed by atoms with Crippen LogP contribution in [0.3, 0.4) is 0 Å². The number of benzene rings is 1. The number of hydrogen-bond acceptors (Lipinski definition) is 5. The molecule has 0 unspecified atom stereocenters. The standard InChI is InChI=1S/C19H18F3N7O/c1-9-11-5-4-10(18(30)24-3)6-12(11)27-14(9)15-13-16(23-2)25-8-26-17(13)29(28-15)7-19(20,21)22/h4-6,8,27H,7H2,1-3H3,(H,24,30)(H,23,25,26). The van der Waals surface area contributed by atoms with Crippen molar-refractivity contribution in [1.82, 2.24) is 30.0 Å². The van der Waals surface area contributed by atoms with Crippen LogP contribution < -0.4 is 10.6 Å². The SMILES string of the molecule is CNC(=O)c1ccc2c(C)c(-c3nn(CC(F)(F)F)c4ncnc(NC)c34)[nH]c2c1. The fourth-order valence-corrected chi connectivity index (χ4v) is 3.51. The topological polar surface area (TPSA) is 101 Å². The number of amides is 1. The zero-order valence-electron chi connectivity index (χ0n) is 16.3. The molecule has 156 valence electrons. The Morgan fingerprint density at radius 1 is 1.23 bits per heavy atom. The Hall–Kier alpha value is -3.63. The summed E-state index contributed by atoms with van der Waals surface area (Å²) in [6.07, 6.45) is -3.26. The number of halogens is 3. The Bertz CT molecular complexity index is 1270. The predicted octanol–water partition coefficient (Wildman–Crippen LogP) is 3.25. The first-order valence-corrected chi connectivity index (χ1v) is 9.04. The molecule has 0 aliphatic carbocycles. The van der Waals surface area contributed by atoms with Gasteiger partial charge in [0.25, 0.3) is 5.91 Å². The molecule has 0 atom stereocenters. The summed E-state index contributed by atoms with van der Waals surface area (Å²) in [7, 11) is 3.16. The lowest BCUT2D eigenvalue weighted by atomic mass is 10.1. The van der Waals surface area contributed by atoms with E-state index in [1.165, 1.54) is 13.4 Å². The number of rotatable bonds is 4. The highest BCUT2D eigenvalue weighted by molar-refractivity contribution is 6.03. The number of aromatic nitrogens is 5. The lowest BCUT2D eigenvalue weighted by molar-refractivity contribution is -0.141. The highest BCUT2D eigenvalue weighted by Gasteiger charge is 2.31. The molecule has 1 aromatic carbocycles. The highest BCUT2D eigenvalue weighted by Crippen LogP contribution is 2.36. The largest absolute Gasteiger partial charge is 0.408 e. The van der Waals surface area contributed by atoms with Crippen LogP contribution in [-0.4, -0.2) is 50.9 Å². The Labute approximate surface area is 168 Å². The summed E-state index contributed by atoms with van der Waals surface area (Å²) in [5.41, 5.74) is 2.84. The van der Waals surface area contributed by atoms with Crippen LogP contribution in [0.2, 0.25) is 0 Å². The second-order valence-electron chi connectivity index (χ2n) is 6.76. The van der Waals surface area contributed by atoms with Crippen LogP contribution in [0.25, 0.3) is 33.3 Å². The van der Waals surface area contributed by atoms with E-state index in [1.807, 2.05) is 6.92 Å². The van der Waals surface area contributed by atoms with E-state index in [0.29, 0.717) is 33.7 Å². The molecule has 3 aromatic heterocycles. The maximum atomic E-state index is 13.1. The minimum atomic E-state index is -4.46. The van der Waals surface area contributed by atoms with E-state index in [-0.39, 0.29) is 11.6 Å². The van der Waals surface area contributed by atoms with Crippen LogP contribution >= 0.6 is 0 Å². The molecular formula is C19H18F3N7O. The fourth-order valence-electron chi connectivity index (χ4n) is 3.51. The summed E-state index contributed by atoms with van der Waals surface area (Å²) in [6.45, 7) is 0.564. The summed E-state index contributed by atoms with van der Waals surface area (Å²) in [5.74, 6) is 0.129. The second-order valence-corrected chi connectivity index (χ2v) is 6.76. The molecule has 0 radical (unpaired) electrons. The van der Waals surface area contributed by atoms with Crippen molar-refractivity contribution in [2.24, 2.45) is 0 Å². The molecule has 3 heterocycles. The van der Waals surface area contributed by atoms with Gasteiger partial charge in [-0.2, -0.15) is 18.3 Å². The number of nitrogens with zero attached hydrogens (tertiary/aromatic N) is 4. The molecule has 0 fully saturated rings. The molecule has 30 heavy (non-hydrogen) atoms. The van der Waals surface area contributed by atoms with E-state index in [9.17, 15) is 18.0 Å². The van der Waals surface area contributed by atoms with Crippen LogP contribution in [-0.2, 0) is 6.54 Å². The number of carbonyl (C=O) groups is 1. The lowest BCUT2D eigenvalue weighted by Crippen LogP contribution is -2.19. The minimum absolute atomic E-state index is 0.0748. The van der Waals surface area contributed by atoms with Crippen LogP contribution in [0.4, 0.5) is 19.0 Å². The molecule has 0 saturated carbocycles. The van der Waals surface area contributed by atoms with Crippen molar-refractivity contribution in [3.63, 3.8) is 0 Å². The summed E-state index contributed by atoms with van der Waals surface area (Å²) >= 11 is 0. The Morgan fingerprint density at radius 3 is 2.67 bits per heavy atom. The number of alkyl halides is 3. The molecule has 0 aliphatic rings. The van der Waals surface area contributed by atoms with Gasteiger partial charge in [0, 0.05) is 30.6 Å². The third-order valence-electron chi connectivity index (χ3n) is 4.88. The van der Waals surface area contributed by atoms with E-state index in [1.54, 1.807) is 25.2 Å². The molecular weight excluding hydrogens is 399 g/mol. The van der Waals surface area contributed by atoms with Gasteiger partial charge in [0.15, 0.2) is 5.65 Å². The van der Waals surface area contributed by atoms with Gasteiger partial charge >= 0.3 is 6.18 Å². The first-order valence-electron chi connectivity index (χ1n) is 9.04. The number of carbonyl (C=O) groups excluding carboxylic acids is 1. The molecule has 3 N–H and O–H groups in total. The van der Waals surface area contributed by atoms with Crippen molar-refractivity contribution in [2.45, 2.75) is 19.6 Å². The third-order valence-corrected chi connectivity index (χ3v) is 4.88. The maximum absolute atomic E-state index is 13.1. The quantitative estimate of drug-likeness (QED) is 0.473. The summed E-state index contributed by atoms with van der Waals surface area (Å²) in [6, 6.07) is 5.17. The van der Waals surface area contributed by atoms with Gasteiger partial charge in [-0.25, -0.2) is 14.6 Å². The fraction of sp³-hybridized carbons (Fsp3) is 0.263. The Balaban J connectivity index is 1.97. The summed E-state index contributed by atoms with van der Waals surface area (Å²) < 4.78 is 40.1. The van der Waals surface area contributed by atoms with Crippen molar-refractivity contribution in [2.75, 3.05) is 19.4 Å². The van der Waals surface area contributed by atoms with Gasteiger partial charge < -0.3 is 15.6 Å². The van der Waals surface area contributed by atoms with Gasteiger partial charge in [0.05, 0.1) is 11.1 Å². The van der Waals surface area contributed by atoms with Crippen LogP contribution in [0.1, 0.15) is 15.9 Å². The first-order chi connectivity index (χ1) is 14.2. The number of hydrogen-bond donors (Lipinski definition) is 3. The van der Waals surface area contributed by atoms with Crippen molar-refractivity contribution >= 4 is 33.7 Å². The molecule has 0 aliphatic heterocycles. The Kier molecular flexibility index (Phi) is 4.60. The molecule has 1 amide bonds. The van der Waals surface area contributed by atoms with E-state index < -0.39 is 12.7 Å². The molecule has 0 saturated heterocycles. The number of nitrogens with one attached hydrogen (secondary N) is 3. The molecule has 4 rings (SSSR count). The van der Waals surface area contributed by atoms with Gasteiger partial charge in [-0.15, -0.1) is 0 Å². The smallest absolute Gasteiger partial charge is 0.372 e. The molecule has 11 heteroatoms. The van der Waals surface area contributed by atoms with Gasteiger partial charge in [-0.1, -0.05) is 6.07 Å². The lowest BCUT2D eigenvalue weighted by Gasteiger charge is -2.06. The molecule has 4 aromatic rings. The average molecular weight is 417 g/mol. The zero-order chi connectivity index (χ0) is 21.6. The number of anilines is 1. The second kappa shape index (κ2) is 7.01. The van der Waals surface area contributed by atoms with Crippen molar-refractivity contribution < 1.29 is 18.0 Å². The predicted molar refractivity (Wildman–Crippen MR) is 106 cm³/mol. The van der Waals surface area contributed by atoms with Gasteiger partial charge in [0.1, 0.15) is 24.4 Å². The first kappa shape index (κ1) is 19.7. The van der Waals surface area contributed by atoms with E-state index in [2.05, 4.69) is 30.7 Å². The number of aromatic amines is 1. The number of aryl methyl sites for hydroxylation is 1. The number of fused-ring (bicyclic) bond motifs is 2. The van der Waals surface area contributed by atoms with Crippen LogP contribution in [0, 0.1) is 6.92 Å². The van der Waals surface area contributed by atoms with Gasteiger partial charge in [0.2, 0.25) is 0 Å². The maximum Gasteiger partial charge on any atom is 0.408 e. The Morgan fingerprint density at radius 2 is 2.00 bits per heavy atom. The summed E-state index contributed by atoms with van der Waals surface area (Å²) in [5, 5.41) is 10.9. The minimum Gasteiger partial charge on any atom is -0.372 e. The van der Waals surface area contributed by atoms with E-state index in [4.69, 9.17) is 0 Å². The van der Waals surface area contributed by atoms with Gasteiger partial charge in [-0.3, -0.25) is 4.79 Å². The molecule has 8 nitrogen and oxygen atoms in total. The summed E-state index contributed by atoms with van der Waals surface area (Å²) in [4.78, 5) is 23.3. The zero-order valence-corrected chi connectivity index (χ0v) is 16.3. The normalized spacial score (nSPS) is 11.9. The van der Waals surface area contributed by atoms with Crippen molar-refractivity contribution in [3.8, 4) is 11.4 Å². The third kappa shape index (κ3) is 3.21. The van der Waals surface area contributed by atoms with Gasteiger partial charge in [-0.05, 0) is 24.6 Å². The number of H-pyrrole nitrogens is 1. The van der Waals surface area contributed by atoms with E-state index >= 15 is 0 Å². The average Bonchev–Trinajstić information content (AvgIpc) is 3.23. The highest BCUT2D eigenvalue weighted by atomic mass is 19.4. The van der Waals surface area contributed by atoms with E-state index in [0.717, 1.165) is 15.6 Å². The van der Waals surface area contributed by atoms with Crippen molar-refractivity contribution in [3.05, 3.63) is 35.7 Å².